The minimum atomic E-state index is -4.69. The van der Waals surface area contributed by atoms with Crippen molar-refractivity contribution in [3.05, 3.63) is 41.5 Å². The van der Waals surface area contributed by atoms with Gasteiger partial charge in [0, 0.05) is 12.1 Å². The fraction of sp³-hybridized carbons (Fsp3) is 0.438. The molecule has 116 valence electrons. The van der Waals surface area contributed by atoms with Gasteiger partial charge >= 0.3 is 6.18 Å². The van der Waals surface area contributed by atoms with E-state index in [1.54, 1.807) is 45.9 Å². The lowest BCUT2D eigenvalue weighted by Crippen LogP contribution is -2.45. The number of carbonyl (C=O) groups is 1. The van der Waals surface area contributed by atoms with Crippen molar-refractivity contribution in [2.24, 2.45) is 0 Å². The molecule has 0 aromatic heterocycles. The van der Waals surface area contributed by atoms with Crippen LogP contribution in [0.1, 0.15) is 33.3 Å². The monoisotopic (exact) mass is 299 g/mol. The summed E-state index contributed by atoms with van der Waals surface area (Å²) in [5.41, 5.74) is -0.790. The van der Waals surface area contributed by atoms with E-state index in [-0.39, 0.29) is 12.1 Å². The van der Waals surface area contributed by atoms with Crippen molar-refractivity contribution >= 4 is 12.0 Å². The SMILES string of the molecule is CC(C)N(C(=O)/C(=C/c1ccccc1)C(F)(F)F)C(C)C. The Morgan fingerprint density at radius 3 is 1.90 bits per heavy atom. The molecule has 2 nitrogen and oxygen atoms in total. The zero-order chi connectivity index (χ0) is 16.2. The summed E-state index contributed by atoms with van der Waals surface area (Å²) in [5.74, 6) is -0.989. The number of halogens is 3. The zero-order valence-electron chi connectivity index (χ0n) is 12.6. The Morgan fingerprint density at radius 1 is 1.05 bits per heavy atom. The van der Waals surface area contributed by atoms with Crippen LogP contribution in [-0.2, 0) is 4.79 Å². The average Bonchev–Trinajstić information content (AvgIpc) is 2.34. The van der Waals surface area contributed by atoms with Gasteiger partial charge in [-0.1, -0.05) is 30.3 Å². The molecule has 0 spiro atoms. The first-order valence-electron chi connectivity index (χ1n) is 6.81. The first-order valence-corrected chi connectivity index (χ1v) is 6.81. The summed E-state index contributed by atoms with van der Waals surface area (Å²) in [6.07, 6.45) is -3.78. The summed E-state index contributed by atoms with van der Waals surface area (Å²) < 4.78 is 39.7. The summed E-state index contributed by atoms with van der Waals surface area (Å²) in [5, 5.41) is 0. The van der Waals surface area contributed by atoms with Crippen molar-refractivity contribution in [3.63, 3.8) is 0 Å². The van der Waals surface area contributed by atoms with E-state index in [1.807, 2.05) is 0 Å². The molecule has 0 bridgehead atoms. The summed E-state index contributed by atoms with van der Waals surface area (Å²) >= 11 is 0. The van der Waals surface area contributed by atoms with Crippen LogP contribution in [0.2, 0.25) is 0 Å². The molecule has 0 saturated carbocycles. The quantitative estimate of drug-likeness (QED) is 0.760. The standard InChI is InChI=1S/C16H20F3NO/c1-11(2)20(12(3)4)15(21)14(16(17,18)19)10-13-8-6-5-7-9-13/h5-12H,1-4H3/b14-10-. The van der Waals surface area contributed by atoms with Crippen LogP contribution in [0, 0.1) is 0 Å². The second kappa shape index (κ2) is 6.78. The molecule has 0 aliphatic carbocycles. The van der Waals surface area contributed by atoms with Gasteiger partial charge in [-0.05, 0) is 39.3 Å². The molecule has 0 unspecified atom stereocenters. The first kappa shape index (κ1) is 17.3. The highest BCUT2D eigenvalue weighted by Crippen LogP contribution is 2.30. The Kier molecular flexibility index (Phi) is 5.58. The maximum Gasteiger partial charge on any atom is 0.421 e. The molecule has 0 fully saturated rings. The van der Waals surface area contributed by atoms with E-state index >= 15 is 0 Å². The van der Waals surface area contributed by atoms with E-state index in [0.717, 1.165) is 6.08 Å². The summed E-state index contributed by atoms with van der Waals surface area (Å²) in [6.45, 7) is 6.81. The molecule has 0 saturated heterocycles. The van der Waals surface area contributed by atoms with Crippen LogP contribution in [0.4, 0.5) is 13.2 Å². The molecule has 0 aliphatic heterocycles. The summed E-state index contributed by atoms with van der Waals surface area (Å²) in [7, 11) is 0. The Hall–Kier alpha value is -1.78. The normalized spacial score (nSPS) is 12.9. The lowest BCUT2D eigenvalue weighted by atomic mass is 10.1. The highest BCUT2D eigenvalue weighted by Gasteiger charge is 2.41. The predicted molar refractivity (Wildman–Crippen MR) is 77.6 cm³/mol. The zero-order valence-corrected chi connectivity index (χ0v) is 12.6. The van der Waals surface area contributed by atoms with E-state index in [9.17, 15) is 18.0 Å². The van der Waals surface area contributed by atoms with Crippen molar-refractivity contribution < 1.29 is 18.0 Å². The molecule has 0 N–H and O–H groups in total. The second-order valence-corrected chi connectivity index (χ2v) is 5.37. The topological polar surface area (TPSA) is 20.3 Å². The maximum atomic E-state index is 13.2. The Labute approximate surface area is 123 Å². The van der Waals surface area contributed by atoms with Crippen LogP contribution >= 0.6 is 0 Å². The van der Waals surface area contributed by atoms with Gasteiger partial charge in [0.1, 0.15) is 5.57 Å². The van der Waals surface area contributed by atoms with Gasteiger partial charge in [0.15, 0.2) is 0 Å². The molecule has 5 heteroatoms. The maximum absolute atomic E-state index is 13.2. The van der Waals surface area contributed by atoms with Gasteiger partial charge in [0.05, 0.1) is 0 Å². The van der Waals surface area contributed by atoms with Crippen LogP contribution in [0.3, 0.4) is 0 Å². The van der Waals surface area contributed by atoms with Crippen molar-refractivity contribution in [1.82, 2.24) is 4.90 Å². The second-order valence-electron chi connectivity index (χ2n) is 5.37. The van der Waals surface area contributed by atoms with Gasteiger partial charge in [-0.15, -0.1) is 0 Å². The minimum Gasteiger partial charge on any atom is -0.334 e. The molecule has 0 heterocycles. The lowest BCUT2D eigenvalue weighted by Gasteiger charge is -2.32. The number of rotatable bonds is 4. The molecular formula is C16H20F3NO. The number of carbonyl (C=O) groups excluding carboxylic acids is 1. The lowest BCUT2D eigenvalue weighted by molar-refractivity contribution is -0.142. The molecule has 1 aromatic carbocycles. The molecule has 21 heavy (non-hydrogen) atoms. The molecule has 0 atom stereocenters. The first-order chi connectivity index (χ1) is 9.64. The predicted octanol–water partition coefficient (Wildman–Crippen LogP) is 4.28. The third kappa shape index (κ3) is 4.62. The van der Waals surface area contributed by atoms with Crippen LogP contribution in [0.15, 0.2) is 35.9 Å². The van der Waals surface area contributed by atoms with Crippen molar-refractivity contribution in [2.45, 2.75) is 46.0 Å². The number of alkyl halides is 3. The van der Waals surface area contributed by atoms with Crippen LogP contribution in [0.25, 0.3) is 6.08 Å². The van der Waals surface area contributed by atoms with Gasteiger partial charge in [-0.2, -0.15) is 13.2 Å². The Balaban J connectivity index is 3.27. The average molecular weight is 299 g/mol. The van der Waals surface area contributed by atoms with E-state index in [4.69, 9.17) is 0 Å². The van der Waals surface area contributed by atoms with Crippen LogP contribution in [0.5, 0.6) is 0 Å². The summed E-state index contributed by atoms with van der Waals surface area (Å²) in [4.78, 5) is 13.6. The van der Waals surface area contributed by atoms with Crippen molar-refractivity contribution in [1.29, 1.82) is 0 Å². The van der Waals surface area contributed by atoms with E-state index < -0.39 is 17.7 Å². The largest absolute Gasteiger partial charge is 0.421 e. The van der Waals surface area contributed by atoms with E-state index in [0.29, 0.717) is 5.56 Å². The molecule has 0 aliphatic rings. The van der Waals surface area contributed by atoms with Crippen molar-refractivity contribution in [2.75, 3.05) is 0 Å². The molecular weight excluding hydrogens is 279 g/mol. The van der Waals surface area contributed by atoms with Crippen LogP contribution < -0.4 is 0 Å². The van der Waals surface area contributed by atoms with E-state index in [1.165, 1.54) is 17.0 Å². The number of nitrogens with zero attached hydrogens (tertiary/aromatic N) is 1. The third-order valence-electron chi connectivity index (χ3n) is 2.99. The number of benzene rings is 1. The van der Waals surface area contributed by atoms with Crippen LogP contribution in [-0.4, -0.2) is 29.1 Å². The molecule has 0 radical (unpaired) electrons. The minimum absolute atomic E-state index is 0.306. The Morgan fingerprint density at radius 2 is 1.52 bits per heavy atom. The van der Waals surface area contributed by atoms with Gasteiger partial charge in [0.2, 0.25) is 0 Å². The fourth-order valence-corrected chi connectivity index (χ4v) is 2.19. The van der Waals surface area contributed by atoms with Gasteiger partial charge in [0.25, 0.3) is 5.91 Å². The number of hydrogen-bond acceptors (Lipinski definition) is 1. The molecule has 1 amide bonds. The number of hydrogen-bond donors (Lipinski definition) is 0. The molecule has 1 aromatic rings. The smallest absolute Gasteiger partial charge is 0.334 e. The van der Waals surface area contributed by atoms with Gasteiger partial charge < -0.3 is 4.90 Å². The summed E-state index contributed by atoms with van der Waals surface area (Å²) in [6, 6.07) is 7.43. The number of amides is 1. The van der Waals surface area contributed by atoms with E-state index in [2.05, 4.69) is 0 Å². The Bertz CT molecular complexity index is 496. The molecule has 1 rings (SSSR count). The van der Waals surface area contributed by atoms with Gasteiger partial charge in [-0.25, -0.2) is 0 Å². The highest BCUT2D eigenvalue weighted by atomic mass is 19.4. The van der Waals surface area contributed by atoms with Gasteiger partial charge in [-0.3, -0.25) is 4.79 Å². The fourth-order valence-electron chi connectivity index (χ4n) is 2.19. The van der Waals surface area contributed by atoms with Crippen molar-refractivity contribution in [3.8, 4) is 0 Å². The highest BCUT2D eigenvalue weighted by molar-refractivity contribution is 5.99. The third-order valence-corrected chi connectivity index (χ3v) is 2.99.